The fourth-order valence-corrected chi connectivity index (χ4v) is 2.97. The summed E-state index contributed by atoms with van der Waals surface area (Å²) in [5, 5.41) is 6.38. The predicted molar refractivity (Wildman–Crippen MR) is 86.6 cm³/mol. The van der Waals surface area contributed by atoms with Crippen molar-refractivity contribution >= 4 is 5.91 Å². The Morgan fingerprint density at radius 3 is 2.84 bits per heavy atom. The molecule has 25 heavy (non-hydrogen) atoms. The highest BCUT2D eigenvalue weighted by atomic mass is 19.3. The van der Waals surface area contributed by atoms with Gasteiger partial charge in [0.05, 0.1) is 13.1 Å². The molecule has 5 nitrogen and oxygen atoms in total. The van der Waals surface area contributed by atoms with Gasteiger partial charge in [-0.25, -0.2) is 17.9 Å². The number of carbonyl (C=O) groups excluding carboxylic acids is 1. The van der Waals surface area contributed by atoms with Crippen LogP contribution in [0.4, 0.5) is 13.2 Å². The number of aromatic nitrogens is 2. The van der Waals surface area contributed by atoms with Gasteiger partial charge in [0, 0.05) is 11.3 Å². The molecule has 3 rings (SSSR count). The van der Waals surface area contributed by atoms with Crippen molar-refractivity contribution in [2.75, 3.05) is 13.1 Å². The topological polar surface area (TPSA) is 72.9 Å². The van der Waals surface area contributed by atoms with Crippen molar-refractivity contribution in [2.24, 2.45) is 5.73 Å². The molecule has 0 unspecified atom stereocenters. The number of amides is 1. The van der Waals surface area contributed by atoms with Crippen LogP contribution in [0.15, 0.2) is 18.2 Å². The van der Waals surface area contributed by atoms with Crippen molar-refractivity contribution in [1.29, 1.82) is 0 Å². The number of nitrogens with one attached hydrogen (secondary N) is 1. The molecule has 2 aromatic rings. The van der Waals surface area contributed by atoms with Crippen LogP contribution in [0, 0.1) is 12.7 Å². The highest BCUT2D eigenvalue weighted by Crippen LogP contribution is 2.29. The van der Waals surface area contributed by atoms with E-state index in [1.165, 1.54) is 10.7 Å². The van der Waals surface area contributed by atoms with E-state index in [4.69, 9.17) is 5.73 Å². The summed E-state index contributed by atoms with van der Waals surface area (Å²) in [6.07, 6.45) is 2.07. The lowest BCUT2D eigenvalue weighted by atomic mass is 10.2. The van der Waals surface area contributed by atoms with E-state index in [0.717, 1.165) is 17.7 Å². The Hall–Kier alpha value is -2.35. The first-order valence-electron chi connectivity index (χ1n) is 8.06. The van der Waals surface area contributed by atoms with Crippen LogP contribution in [0.3, 0.4) is 0 Å². The van der Waals surface area contributed by atoms with Crippen LogP contribution in [-0.4, -0.2) is 34.7 Å². The van der Waals surface area contributed by atoms with E-state index in [1.54, 1.807) is 19.1 Å². The average Bonchev–Trinajstić information content (AvgIpc) is 3.16. The van der Waals surface area contributed by atoms with Gasteiger partial charge in [0.15, 0.2) is 5.69 Å². The van der Waals surface area contributed by atoms with Crippen LogP contribution in [0.1, 0.15) is 33.7 Å². The van der Waals surface area contributed by atoms with E-state index >= 15 is 0 Å². The largest absolute Gasteiger partial charge is 0.345 e. The number of rotatable bonds is 5. The minimum atomic E-state index is -3.18. The summed E-state index contributed by atoms with van der Waals surface area (Å²) in [4.78, 5) is 12.3. The third-order valence-corrected chi connectivity index (χ3v) is 4.28. The Morgan fingerprint density at radius 1 is 1.40 bits per heavy atom. The summed E-state index contributed by atoms with van der Waals surface area (Å²) >= 11 is 0. The Labute approximate surface area is 143 Å². The van der Waals surface area contributed by atoms with E-state index in [9.17, 15) is 18.0 Å². The highest BCUT2D eigenvalue weighted by Gasteiger charge is 2.31. The highest BCUT2D eigenvalue weighted by molar-refractivity contribution is 5.94. The molecule has 0 saturated carbocycles. The number of fused-ring (bicyclic) bond motifs is 1. The molecule has 0 aliphatic heterocycles. The van der Waals surface area contributed by atoms with Crippen molar-refractivity contribution in [2.45, 2.75) is 32.1 Å². The SMILES string of the molecule is Cc1ccc(-n2nc(C(=O)NCC(F)(F)CN)c3c2CCC3)c(F)c1. The molecule has 0 saturated heterocycles. The summed E-state index contributed by atoms with van der Waals surface area (Å²) in [6.45, 7) is 0.0636. The van der Waals surface area contributed by atoms with Gasteiger partial charge in [-0.2, -0.15) is 5.10 Å². The molecule has 0 fully saturated rings. The molecule has 1 aliphatic rings. The molecule has 134 valence electrons. The molecular formula is C17H19F3N4O. The normalized spacial score (nSPS) is 13.8. The number of halogens is 3. The van der Waals surface area contributed by atoms with Gasteiger partial charge in [0.1, 0.15) is 11.5 Å². The van der Waals surface area contributed by atoms with Crippen LogP contribution in [0.25, 0.3) is 5.69 Å². The van der Waals surface area contributed by atoms with Crippen molar-refractivity contribution in [3.05, 3.63) is 46.5 Å². The number of nitrogens with two attached hydrogens (primary N) is 1. The summed E-state index contributed by atoms with van der Waals surface area (Å²) in [5.41, 5.74) is 7.49. The van der Waals surface area contributed by atoms with Gasteiger partial charge in [-0.3, -0.25) is 4.79 Å². The van der Waals surface area contributed by atoms with Gasteiger partial charge in [-0.15, -0.1) is 0 Å². The molecule has 0 radical (unpaired) electrons. The van der Waals surface area contributed by atoms with Crippen molar-refractivity contribution in [3.8, 4) is 5.69 Å². The molecule has 1 aliphatic carbocycles. The van der Waals surface area contributed by atoms with Gasteiger partial charge in [-0.05, 0) is 43.9 Å². The molecule has 1 amide bonds. The first-order valence-corrected chi connectivity index (χ1v) is 8.06. The maximum absolute atomic E-state index is 14.3. The van der Waals surface area contributed by atoms with Crippen LogP contribution >= 0.6 is 0 Å². The van der Waals surface area contributed by atoms with Crippen molar-refractivity contribution < 1.29 is 18.0 Å². The molecule has 8 heteroatoms. The third-order valence-electron chi connectivity index (χ3n) is 4.28. The lowest BCUT2D eigenvalue weighted by Crippen LogP contribution is -2.41. The van der Waals surface area contributed by atoms with Crippen molar-refractivity contribution in [1.82, 2.24) is 15.1 Å². The van der Waals surface area contributed by atoms with Gasteiger partial charge in [-0.1, -0.05) is 6.07 Å². The average molecular weight is 352 g/mol. The molecule has 0 atom stereocenters. The molecule has 3 N–H and O–H groups in total. The third kappa shape index (κ3) is 3.39. The van der Waals surface area contributed by atoms with Crippen LogP contribution < -0.4 is 11.1 Å². The minimum absolute atomic E-state index is 0.0697. The minimum Gasteiger partial charge on any atom is -0.345 e. The van der Waals surface area contributed by atoms with Crippen LogP contribution in [0.5, 0.6) is 0 Å². The van der Waals surface area contributed by atoms with E-state index in [1.807, 2.05) is 0 Å². The monoisotopic (exact) mass is 352 g/mol. The first-order chi connectivity index (χ1) is 11.8. The fourth-order valence-electron chi connectivity index (χ4n) is 2.97. The van der Waals surface area contributed by atoms with Gasteiger partial charge < -0.3 is 11.1 Å². The second kappa shape index (κ2) is 6.51. The van der Waals surface area contributed by atoms with Crippen molar-refractivity contribution in [3.63, 3.8) is 0 Å². The van der Waals surface area contributed by atoms with E-state index in [0.29, 0.717) is 18.4 Å². The van der Waals surface area contributed by atoms with Gasteiger partial charge >= 0.3 is 0 Å². The molecular weight excluding hydrogens is 333 g/mol. The van der Waals surface area contributed by atoms with Gasteiger partial charge in [0.25, 0.3) is 11.8 Å². The molecule has 1 aromatic carbocycles. The standard InChI is InChI=1S/C17H19F3N4O/c1-10-5-6-14(12(18)7-10)24-13-4-2-3-11(13)15(23-24)16(25)22-9-17(19,20)8-21/h5-7H,2-4,8-9,21H2,1H3,(H,22,25). The lowest BCUT2D eigenvalue weighted by molar-refractivity contribution is 0.0118. The van der Waals surface area contributed by atoms with Crippen LogP contribution in [-0.2, 0) is 12.8 Å². The zero-order valence-electron chi connectivity index (χ0n) is 13.8. The Morgan fingerprint density at radius 2 is 2.16 bits per heavy atom. The second-order valence-electron chi connectivity index (χ2n) is 6.24. The van der Waals surface area contributed by atoms with E-state index < -0.39 is 30.7 Å². The Kier molecular flexibility index (Phi) is 4.55. The Bertz CT molecular complexity index is 816. The molecule has 1 heterocycles. The summed E-state index contributed by atoms with van der Waals surface area (Å²) in [6, 6.07) is 4.74. The lowest BCUT2D eigenvalue weighted by Gasteiger charge is -2.14. The Balaban J connectivity index is 1.93. The number of alkyl halides is 2. The zero-order chi connectivity index (χ0) is 18.2. The number of aryl methyl sites for hydroxylation is 1. The first kappa shape index (κ1) is 17.5. The zero-order valence-corrected chi connectivity index (χ0v) is 13.8. The maximum Gasteiger partial charge on any atom is 0.277 e. The van der Waals surface area contributed by atoms with Crippen LogP contribution in [0.2, 0.25) is 0 Å². The maximum atomic E-state index is 14.3. The number of carbonyl (C=O) groups is 1. The predicted octanol–water partition coefficient (Wildman–Crippen LogP) is 2.13. The number of benzene rings is 1. The molecule has 1 aromatic heterocycles. The molecule has 0 spiro atoms. The number of hydrogen-bond acceptors (Lipinski definition) is 3. The fraction of sp³-hybridized carbons (Fsp3) is 0.412. The summed E-state index contributed by atoms with van der Waals surface area (Å²) in [5.74, 6) is -4.32. The number of nitrogens with zero attached hydrogens (tertiary/aromatic N) is 2. The number of hydrogen-bond donors (Lipinski definition) is 2. The molecule has 0 bridgehead atoms. The van der Waals surface area contributed by atoms with E-state index in [-0.39, 0.29) is 11.4 Å². The summed E-state index contributed by atoms with van der Waals surface area (Å²) < 4.78 is 42.2. The quantitative estimate of drug-likeness (QED) is 0.866. The van der Waals surface area contributed by atoms with Gasteiger partial charge in [0.2, 0.25) is 0 Å². The van der Waals surface area contributed by atoms with E-state index in [2.05, 4.69) is 10.4 Å². The second-order valence-corrected chi connectivity index (χ2v) is 6.24. The summed E-state index contributed by atoms with van der Waals surface area (Å²) in [7, 11) is 0. The smallest absolute Gasteiger partial charge is 0.277 e.